The predicted molar refractivity (Wildman–Crippen MR) is 50.5 cm³/mol. The zero-order valence-corrected chi connectivity index (χ0v) is 7.62. The molecule has 0 aromatic heterocycles. The second-order valence-corrected chi connectivity index (χ2v) is 2.96. The topological polar surface area (TPSA) is 34.1 Å². The van der Waals surface area contributed by atoms with E-state index in [1.54, 1.807) is 0 Å². The van der Waals surface area contributed by atoms with E-state index in [4.69, 9.17) is 0 Å². The summed E-state index contributed by atoms with van der Waals surface area (Å²) < 4.78 is 0. The van der Waals surface area contributed by atoms with Gasteiger partial charge in [-0.3, -0.25) is 9.59 Å². The lowest BCUT2D eigenvalue weighted by Gasteiger charge is -1.97. The third kappa shape index (κ3) is 3.20. The summed E-state index contributed by atoms with van der Waals surface area (Å²) in [5.74, 6) is -0.639. The molecule has 0 fully saturated rings. The first-order chi connectivity index (χ1) is 6.20. The quantitative estimate of drug-likeness (QED) is 0.655. The number of Topliss-reactive ketones (excluding diaryl/α,β-unsaturated/α-hetero) is 2. The van der Waals surface area contributed by atoms with Gasteiger partial charge in [0.2, 0.25) is 0 Å². The van der Waals surface area contributed by atoms with E-state index in [2.05, 4.69) is 0 Å². The maximum atomic E-state index is 11.0. The summed E-state index contributed by atoms with van der Waals surface area (Å²) in [6.07, 6.45) is 0.971. The van der Waals surface area contributed by atoms with Crippen molar-refractivity contribution in [3.05, 3.63) is 35.9 Å². The highest BCUT2D eigenvalue weighted by Crippen LogP contribution is 2.02. The predicted octanol–water partition coefficient (Wildman–Crippen LogP) is 1.78. The van der Waals surface area contributed by atoms with Crippen molar-refractivity contribution in [2.45, 2.75) is 19.8 Å². The van der Waals surface area contributed by atoms with Gasteiger partial charge < -0.3 is 0 Å². The van der Waals surface area contributed by atoms with Gasteiger partial charge in [-0.1, -0.05) is 30.3 Å². The molecule has 0 bridgehead atoms. The van der Waals surface area contributed by atoms with Crippen LogP contribution in [0.4, 0.5) is 0 Å². The van der Waals surface area contributed by atoms with E-state index in [0.29, 0.717) is 12.8 Å². The fourth-order valence-electron chi connectivity index (χ4n) is 1.08. The molecule has 1 rings (SSSR count). The molecule has 0 atom stereocenters. The molecule has 0 spiro atoms. The van der Waals surface area contributed by atoms with Gasteiger partial charge in [-0.25, -0.2) is 0 Å². The largest absolute Gasteiger partial charge is 0.291 e. The maximum absolute atomic E-state index is 11.0. The van der Waals surface area contributed by atoms with Gasteiger partial charge in [0.15, 0.2) is 11.6 Å². The number of ketones is 2. The van der Waals surface area contributed by atoms with Crippen molar-refractivity contribution in [2.75, 3.05) is 0 Å². The summed E-state index contributed by atoms with van der Waals surface area (Å²) >= 11 is 0. The van der Waals surface area contributed by atoms with Gasteiger partial charge in [0, 0.05) is 13.3 Å². The molecule has 0 radical (unpaired) electrons. The van der Waals surface area contributed by atoms with Crippen LogP contribution in [0.3, 0.4) is 0 Å². The molecule has 68 valence electrons. The lowest BCUT2D eigenvalue weighted by atomic mass is 10.1. The minimum absolute atomic E-state index is 0.288. The Hall–Kier alpha value is -1.44. The fourth-order valence-corrected chi connectivity index (χ4v) is 1.08. The van der Waals surface area contributed by atoms with Crippen LogP contribution in [0.5, 0.6) is 0 Å². The summed E-state index contributed by atoms with van der Waals surface area (Å²) in [5, 5.41) is 0. The molecule has 0 aliphatic rings. The van der Waals surface area contributed by atoms with Crippen molar-refractivity contribution < 1.29 is 9.59 Å². The SMILES string of the molecule is CC(=O)C(=O)CCc1ccccc1. The third-order valence-corrected chi connectivity index (χ3v) is 1.88. The number of aryl methyl sites for hydroxylation is 1. The lowest BCUT2D eigenvalue weighted by Crippen LogP contribution is -2.09. The van der Waals surface area contributed by atoms with Gasteiger partial charge >= 0.3 is 0 Å². The monoisotopic (exact) mass is 176 g/mol. The molecule has 0 aliphatic carbocycles. The molecule has 2 nitrogen and oxygen atoms in total. The minimum atomic E-state index is -0.351. The van der Waals surface area contributed by atoms with Crippen molar-refractivity contribution in [1.82, 2.24) is 0 Å². The molecule has 0 aliphatic heterocycles. The zero-order valence-electron chi connectivity index (χ0n) is 7.62. The van der Waals surface area contributed by atoms with Crippen LogP contribution in [-0.4, -0.2) is 11.6 Å². The maximum Gasteiger partial charge on any atom is 0.198 e. The van der Waals surface area contributed by atoms with Gasteiger partial charge in [-0.15, -0.1) is 0 Å². The number of rotatable bonds is 4. The molecular weight excluding hydrogens is 164 g/mol. The molecule has 0 unspecified atom stereocenters. The first-order valence-corrected chi connectivity index (χ1v) is 4.28. The second-order valence-electron chi connectivity index (χ2n) is 2.96. The average Bonchev–Trinajstić information content (AvgIpc) is 2.15. The molecule has 0 saturated heterocycles. The molecule has 2 heteroatoms. The molecule has 1 aromatic rings. The molecule has 0 heterocycles. The Labute approximate surface area is 77.6 Å². The van der Waals surface area contributed by atoms with E-state index in [1.165, 1.54) is 6.92 Å². The average molecular weight is 176 g/mol. The lowest BCUT2D eigenvalue weighted by molar-refractivity contribution is -0.135. The van der Waals surface area contributed by atoms with Crippen molar-refractivity contribution in [3.8, 4) is 0 Å². The minimum Gasteiger partial charge on any atom is -0.291 e. The number of hydrogen-bond donors (Lipinski definition) is 0. The van der Waals surface area contributed by atoms with Gasteiger partial charge in [-0.05, 0) is 12.0 Å². The molecule has 0 saturated carbocycles. The van der Waals surface area contributed by atoms with Crippen LogP contribution >= 0.6 is 0 Å². The van der Waals surface area contributed by atoms with E-state index in [0.717, 1.165) is 5.56 Å². The van der Waals surface area contributed by atoms with Gasteiger partial charge in [-0.2, -0.15) is 0 Å². The highest BCUT2D eigenvalue weighted by atomic mass is 16.2. The van der Waals surface area contributed by atoms with Gasteiger partial charge in [0.05, 0.1) is 0 Å². The van der Waals surface area contributed by atoms with Gasteiger partial charge in [0.25, 0.3) is 0 Å². The third-order valence-electron chi connectivity index (χ3n) is 1.88. The normalized spacial score (nSPS) is 9.62. The van der Waals surface area contributed by atoms with Crippen LogP contribution in [0, 0.1) is 0 Å². The first-order valence-electron chi connectivity index (χ1n) is 4.28. The van der Waals surface area contributed by atoms with Crippen LogP contribution in [0.25, 0.3) is 0 Å². The Morgan fingerprint density at radius 2 is 1.77 bits per heavy atom. The zero-order chi connectivity index (χ0) is 9.68. The van der Waals surface area contributed by atoms with E-state index in [-0.39, 0.29) is 11.6 Å². The summed E-state index contributed by atoms with van der Waals surface area (Å²) in [4.78, 5) is 21.6. The Morgan fingerprint density at radius 1 is 1.15 bits per heavy atom. The molecule has 13 heavy (non-hydrogen) atoms. The van der Waals surface area contributed by atoms with Crippen molar-refractivity contribution in [1.29, 1.82) is 0 Å². The molecule has 0 amide bonds. The van der Waals surface area contributed by atoms with E-state index < -0.39 is 0 Å². The Balaban J connectivity index is 2.44. The standard InChI is InChI=1S/C11H12O2/c1-9(12)11(13)8-7-10-5-3-2-4-6-10/h2-6H,7-8H2,1H3. The smallest absolute Gasteiger partial charge is 0.198 e. The highest BCUT2D eigenvalue weighted by molar-refractivity contribution is 6.36. The first kappa shape index (κ1) is 9.65. The fraction of sp³-hybridized carbons (Fsp3) is 0.273. The van der Waals surface area contributed by atoms with E-state index in [9.17, 15) is 9.59 Å². The van der Waals surface area contributed by atoms with Crippen molar-refractivity contribution >= 4 is 11.6 Å². The summed E-state index contributed by atoms with van der Waals surface area (Å²) in [7, 11) is 0. The number of carbonyl (C=O) groups is 2. The summed E-state index contributed by atoms with van der Waals surface area (Å²) in [6, 6.07) is 9.68. The van der Waals surface area contributed by atoms with E-state index in [1.807, 2.05) is 30.3 Å². The van der Waals surface area contributed by atoms with Gasteiger partial charge in [0.1, 0.15) is 0 Å². The van der Waals surface area contributed by atoms with Crippen LogP contribution in [0.2, 0.25) is 0 Å². The van der Waals surface area contributed by atoms with Crippen LogP contribution < -0.4 is 0 Å². The molecule has 0 N–H and O–H groups in total. The Kier molecular flexibility index (Phi) is 3.38. The second kappa shape index (κ2) is 4.55. The number of hydrogen-bond acceptors (Lipinski definition) is 2. The molecule has 1 aromatic carbocycles. The van der Waals surface area contributed by atoms with Crippen LogP contribution in [-0.2, 0) is 16.0 Å². The summed E-state index contributed by atoms with van der Waals surface area (Å²) in [6.45, 7) is 1.31. The Bertz CT molecular complexity index is 301. The van der Waals surface area contributed by atoms with Crippen molar-refractivity contribution in [3.63, 3.8) is 0 Å². The van der Waals surface area contributed by atoms with Crippen molar-refractivity contribution in [2.24, 2.45) is 0 Å². The number of benzene rings is 1. The molecular formula is C11H12O2. The highest BCUT2D eigenvalue weighted by Gasteiger charge is 2.06. The van der Waals surface area contributed by atoms with Crippen LogP contribution in [0.15, 0.2) is 30.3 Å². The Morgan fingerprint density at radius 3 is 2.31 bits per heavy atom. The van der Waals surface area contributed by atoms with E-state index >= 15 is 0 Å². The summed E-state index contributed by atoms with van der Waals surface area (Å²) in [5.41, 5.74) is 1.09. The van der Waals surface area contributed by atoms with Crippen LogP contribution in [0.1, 0.15) is 18.9 Å². The number of carbonyl (C=O) groups excluding carboxylic acids is 2.